The third-order valence-corrected chi connectivity index (χ3v) is 5.40. The Morgan fingerprint density at radius 1 is 1.11 bits per heavy atom. The largest absolute Gasteiger partial charge is 0.356 e. The van der Waals surface area contributed by atoms with E-state index < -0.39 is 0 Å². The number of halogens is 1. The van der Waals surface area contributed by atoms with E-state index in [0.717, 1.165) is 57.1 Å². The van der Waals surface area contributed by atoms with Crippen LogP contribution in [0.5, 0.6) is 0 Å². The van der Waals surface area contributed by atoms with Gasteiger partial charge in [-0.1, -0.05) is 24.6 Å². The average Bonchev–Trinajstić information content (AvgIpc) is 3.19. The van der Waals surface area contributed by atoms with E-state index in [4.69, 9.17) is 0 Å². The Hall–Kier alpha value is -1.64. The first-order valence-corrected chi connectivity index (χ1v) is 9.84. The zero-order valence-corrected chi connectivity index (χ0v) is 18.4. The Balaban J connectivity index is 0.00000210. The van der Waals surface area contributed by atoms with Crippen LogP contribution < -0.4 is 10.2 Å². The first-order valence-electron chi connectivity index (χ1n) is 9.84. The molecule has 0 atom stereocenters. The number of hydrogen-bond donors (Lipinski definition) is 1. The molecule has 3 heterocycles. The van der Waals surface area contributed by atoms with Gasteiger partial charge in [0.25, 0.3) is 0 Å². The summed E-state index contributed by atoms with van der Waals surface area (Å²) in [5.41, 5.74) is 2.69. The van der Waals surface area contributed by atoms with Crippen molar-refractivity contribution in [3.05, 3.63) is 41.5 Å². The van der Waals surface area contributed by atoms with E-state index in [-0.39, 0.29) is 24.0 Å². The van der Waals surface area contributed by atoms with E-state index in [2.05, 4.69) is 54.2 Å². The summed E-state index contributed by atoms with van der Waals surface area (Å²) in [5, 5.41) is 12.3. The lowest BCUT2D eigenvalue weighted by Gasteiger charge is -2.22. The maximum absolute atomic E-state index is 4.48. The van der Waals surface area contributed by atoms with Crippen LogP contribution in [0.1, 0.15) is 42.9 Å². The van der Waals surface area contributed by atoms with Crippen LogP contribution in [-0.2, 0) is 25.8 Å². The van der Waals surface area contributed by atoms with Crippen LogP contribution in [0.4, 0.5) is 5.69 Å². The highest BCUT2D eigenvalue weighted by molar-refractivity contribution is 14.0. The summed E-state index contributed by atoms with van der Waals surface area (Å²) in [5.74, 6) is 3.29. The van der Waals surface area contributed by atoms with Crippen LogP contribution in [0.2, 0.25) is 0 Å². The molecule has 0 aliphatic carbocycles. The van der Waals surface area contributed by atoms with E-state index in [1.54, 1.807) is 0 Å². The Kier molecular flexibility index (Phi) is 7.09. The van der Waals surface area contributed by atoms with Crippen LogP contribution in [0.25, 0.3) is 0 Å². The van der Waals surface area contributed by atoms with E-state index in [1.165, 1.54) is 36.3 Å². The number of anilines is 1. The van der Waals surface area contributed by atoms with Gasteiger partial charge in [-0.05, 0) is 37.3 Å². The van der Waals surface area contributed by atoms with Gasteiger partial charge in [-0.15, -0.1) is 34.2 Å². The fourth-order valence-corrected chi connectivity index (χ4v) is 4.03. The second-order valence-corrected chi connectivity index (χ2v) is 7.10. The molecule has 0 unspecified atom stereocenters. The Morgan fingerprint density at radius 2 is 2.00 bits per heavy atom. The van der Waals surface area contributed by atoms with Crippen LogP contribution in [0.15, 0.2) is 29.3 Å². The monoisotopic (exact) mass is 480 g/mol. The molecular formula is C20H29IN6. The van der Waals surface area contributed by atoms with Crippen molar-refractivity contribution in [1.29, 1.82) is 0 Å². The number of nitrogens with one attached hydrogen (secondary N) is 1. The zero-order chi connectivity index (χ0) is 17.8. The number of rotatable bonds is 4. The van der Waals surface area contributed by atoms with E-state index in [1.807, 2.05) is 7.05 Å². The molecule has 1 N–H and O–H groups in total. The molecule has 146 valence electrons. The molecule has 0 fully saturated rings. The van der Waals surface area contributed by atoms with Crippen LogP contribution in [0, 0.1) is 0 Å². The van der Waals surface area contributed by atoms with Gasteiger partial charge in [0.1, 0.15) is 11.6 Å². The molecule has 0 saturated carbocycles. The van der Waals surface area contributed by atoms with Gasteiger partial charge in [0.2, 0.25) is 0 Å². The average molecular weight is 480 g/mol. The quantitative estimate of drug-likeness (QED) is 0.316. The molecule has 6 nitrogen and oxygen atoms in total. The number of aliphatic imine (C=N–C) groups is 1. The number of guanidine groups is 1. The first kappa shape index (κ1) is 20.1. The van der Waals surface area contributed by atoms with Crippen LogP contribution >= 0.6 is 24.0 Å². The SMILES string of the molecule is CN=C(NCCCc1nnc2n1CCCCC2)N1CCc2ccccc21.I. The Bertz CT molecular complexity index is 785. The molecule has 1 aromatic carbocycles. The molecule has 7 heteroatoms. The van der Waals surface area contributed by atoms with Gasteiger partial charge in [-0.25, -0.2) is 0 Å². The van der Waals surface area contributed by atoms with Crippen molar-refractivity contribution in [1.82, 2.24) is 20.1 Å². The molecule has 2 aromatic rings. The Labute approximate surface area is 178 Å². The number of hydrogen-bond acceptors (Lipinski definition) is 3. The van der Waals surface area contributed by atoms with Gasteiger partial charge in [0.05, 0.1) is 0 Å². The highest BCUT2D eigenvalue weighted by atomic mass is 127. The van der Waals surface area contributed by atoms with Gasteiger partial charge in [-0.3, -0.25) is 4.99 Å². The maximum atomic E-state index is 4.48. The van der Waals surface area contributed by atoms with Gasteiger partial charge in [-0.2, -0.15) is 0 Å². The summed E-state index contributed by atoms with van der Waals surface area (Å²) in [6.07, 6.45) is 7.96. The van der Waals surface area contributed by atoms with Gasteiger partial charge in [0.15, 0.2) is 5.96 Å². The third kappa shape index (κ3) is 4.44. The highest BCUT2D eigenvalue weighted by Crippen LogP contribution is 2.27. The van der Waals surface area contributed by atoms with E-state index in [0.29, 0.717) is 0 Å². The summed E-state index contributed by atoms with van der Waals surface area (Å²) >= 11 is 0. The summed E-state index contributed by atoms with van der Waals surface area (Å²) in [7, 11) is 1.86. The van der Waals surface area contributed by atoms with Crippen molar-refractivity contribution >= 4 is 35.6 Å². The predicted octanol–water partition coefficient (Wildman–Crippen LogP) is 3.19. The van der Waals surface area contributed by atoms with Crippen molar-refractivity contribution in [2.75, 3.05) is 25.0 Å². The minimum Gasteiger partial charge on any atom is -0.356 e. The molecule has 1 aromatic heterocycles. The number of nitrogens with zero attached hydrogens (tertiary/aromatic N) is 5. The number of para-hydroxylation sites is 1. The van der Waals surface area contributed by atoms with Crippen molar-refractivity contribution in [2.24, 2.45) is 4.99 Å². The topological polar surface area (TPSA) is 58.3 Å². The molecule has 27 heavy (non-hydrogen) atoms. The van der Waals surface area contributed by atoms with Crippen LogP contribution in [0.3, 0.4) is 0 Å². The highest BCUT2D eigenvalue weighted by Gasteiger charge is 2.22. The molecule has 2 aliphatic heterocycles. The number of fused-ring (bicyclic) bond motifs is 2. The summed E-state index contributed by atoms with van der Waals surface area (Å²) in [6.45, 7) is 2.97. The van der Waals surface area contributed by atoms with Crippen molar-refractivity contribution in [3.63, 3.8) is 0 Å². The van der Waals surface area contributed by atoms with Gasteiger partial charge >= 0.3 is 0 Å². The van der Waals surface area contributed by atoms with Crippen molar-refractivity contribution in [2.45, 2.75) is 51.5 Å². The molecule has 0 bridgehead atoms. The predicted molar refractivity (Wildman–Crippen MR) is 120 cm³/mol. The van der Waals surface area contributed by atoms with Crippen molar-refractivity contribution < 1.29 is 0 Å². The number of benzene rings is 1. The first-order chi connectivity index (χ1) is 12.9. The minimum atomic E-state index is 0. The summed E-state index contributed by atoms with van der Waals surface area (Å²) in [4.78, 5) is 6.77. The Morgan fingerprint density at radius 3 is 2.89 bits per heavy atom. The fourth-order valence-electron chi connectivity index (χ4n) is 4.03. The molecule has 0 amide bonds. The van der Waals surface area contributed by atoms with Gasteiger partial charge < -0.3 is 14.8 Å². The lowest BCUT2D eigenvalue weighted by Crippen LogP contribution is -2.41. The smallest absolute Gasteiger partial charge is 0.198 e. The van der Waals surface area contributed by atoms with Crippen LogP contribution in [-0.4, -0.2) is 40.9 Å². The van der Waals surface area contributed by atoms with E-state index >= 15 is 0 Å². The maximum Gasteiger partial charge on any atom is 0.198 e. The lowest BCUT2D eigenvalue weighted by atomic mass is 10.2. The molecule has 0 saturated heterocycles. The number of aryl methyl sites for hydroxylation is 2. The summed E-state index contributed by atoms with van der Waals surface area (Å²) in [6, 6.07) is 8.60. The second kappa shape index (κ2) is 9.52. The molecule has 0 radical (unpaired) electrons. The molecule has 4 rings (SSSR count). The second-order valence-electron chi connectivity index (χ2n) is 7.10. The van der Waals surface area contributed by atoms with Gasteiger partial charge in [0, 0.05) is 45.2 Å². The standard InChI is InChI=1S/C20H28N6.HI/c1-21-20(25-15-12-16-8-4-5-9-17(16)25)22-13-7-11-19-24-23-18-10-3-2-6-14-26(18)19;/h4-5,8-9H,2-3,6-7,10-15H2,1H3,(H,21,22);1H. The summed E-state index contributed by atoms with van der Waals surface area (Å²) < 4.78 is 2.35. The fraction of sp³-hybridized carbons (Fsp3) is 0.550. The normalized spacial score (nSPS) is 16.3. The lowest BCUT2D eigenvalue weighted by molar-refractivity contribution is 0.594. The zero-order valence-electron chi connectivity index (χ0n) is 16.0. The molecule has 2 aliphatic rings. The number of aromatic nitrogens is 3. The molecular weight excluding hydrogens is 451 g/mol. The van der Waals surface area contributed by atoms with Crippen molar-refractivity contribution in [3.8, 4) is 0 Å². The minimum absolute atomic E-state index is 0. The molecule has 0 spiro atoms. The van der Waals surface area contributed by atoms with E-state index in [9.17, 15) is 0 Å². The third-order valence-electron chi connectivity index (χ3n) is 5.40.